The Bertz CT molecular complexity index is 327. The van der Waals surface area contributed by atoms with Crippen molar-refractivity contribution in [2.75, 3.05) is 26.8 Å². The van der Waals surface area contributed by atoms with Gasteiger partial charge in [0.1, 0.15) is 0 Å². The van der Waals surface area contributed by atoms with Crippen LogP contribution >= 0.6 is 12.2 Å². The average molecular weight is 269 g/mol. The minimum absolute atomic E-state index is 0.157. The molecule has 8 heteroatoms. The molecule has 0 atom stereocenters. The molecule has 0 saturated carbocycles. The molecular weight excluding hydrogens is 250 g/mol. The second-order valence-corrected chi connectivity index (χ2v) is 5.98. The third kappa shape index (κ3) is 6.33. The fraction of sp³-hybridized carbons (Fsp3) is 0.875. The minimum Gasteiger partial charge on any atom is -0.393 e. The van der Waals surface area contributed by atoms with Crippen LogP contribution in [0.25, 0.3) is 0 Å². The van der Waals surface area contributed by atoms with Gasteiger partial charge in [0.25, 0.3) is 10.2 Å². The number of thiocarbonyl (C=S) groups is 1. The van der Waals surface area contributed by atoms with Crippen molar-refractivity contribution in [3.8, 4) is 0 Å². The molecule has 0 aromatic heterocycles. The van der Waals surface area contributed by atoms with Crippen molar-refractivity contribution in [3.63, 3.8) is 0 Å². The fourth-order valence-corrected chi connectivity index (χ4v) is 1.77. The van der Waals surface area contributed by atoms with Gasteiger partial charge in [0.05, 0.1) is 11.6 Å². The SMILES string of the molecule is COCCNS(=O)(=O)NCC(C)(C)C(N)=S. The van der Waals surface area contributed by atoms with Gasteiger partial charge in [-0.2, -0.15) is 13.1 Å². The summed E-state index contributed by atoms with van der Waals surface area (Å²) in [6.07, 6.45) is 0. The lowest BCUT2D eigenvalue weighted by Crippen LogP contribution is -2.46. The maximum Gasteiger partial charge on any atom is 0.277 e. The van der Waals surface area contributed by atoms with E-state index < -0.39 is 15.6 Å². The number of nitrogens with two attached hydrogens (primary N) is 1. The topological polar surface area (TPSA) is 93.4 Å². The van der Waals surface area contributed by atoms with Crippen LogP contribution in [0.2, 0.25) is 0 Å². The van der Waals surface area contributed by atoms with E-state index in [4.69, 9.17) is 22.7 Å². The summed E-state index contributed by atoms with van der Waals surface area (Å²) in [5.41, 5.74) is 4.93. The molecule has 0 amide bonds. The molecule has 6 nitrogen and oxygen atoms in total. The Morgan fingerprint density at radius 2 is 2.00 bits per heavy atom. The van der Waals surface area contributed by atoms with Gasteiger partial charge >= 0.3 is 0 Å². The van der Waals surface area contributed by atoms with E-state index in [-0.39, 0.29) is 18.1 Å². The van der Waals surface area contributed by atoms with Gasteiger partial charge in [0.2, 0.25) is 0 Å². The van der Waals surface area contributed by atoms with Crippen molar-refractivity contribution in [2.45, 2.75) is 13.8 Å². The van der Waals surface area contributed by atoms with E-state index in [1.165, 1.54) is 7.11 Å². The number of rotatable bonds is 8. The van der Waals surface area contributed by atoms with Crippen molar-refractivity contribution in [1.29, 1.82) is 0 Å². The Hall–Kier alpha value is -0.280. The van der Waals surface area contributed by atoms with Crippen LogP contribution in [0.15, 0.2) is 0 Å². The van der Waals surface area contributed by atoms with E-state index >= 15 is 0 Å². The zero-order chi connectivity index (χ0) is 12.8. The van der Waals surface area contributed by atoms with Gasteiger partial charge in [-0.1, -0.05) is 26.1 Å². The minimum atomic E-state index is -3.52. The predicted molar refractivity (Wildman–Crippen MR) is 67.4 cm³/mol. The second kappa shape index (κ2) is 6.45. The standard InChI is InChI=1S/C8H19N3O3S2/c1-8(2,7(9)15)6-11-16(12,13)10-4-5-14-3/h10-11H,4-6H2,1-3H3,(H2,9,15). The molecule has 0 rings (SSSR count). The predicted octanol–water partition coefficient (Wildman–Crippen LogP) is -0.631. The largest absolute Gasteiger partial charge is 0.393 e. The van der Waals surface area contributed by atoms with Gasteiger partial charge in [-0.25, -0.2) is 4.72 Å². The average Bonchev–Trinajstić information content (AvgIpc) is 2.15. The second-order valence-electron chi connectivity index (χ2n) is 3.96. The fourth-order valence-electron chi connectivity index (χ4n) is 0.692. The van der Waals surface area contributed by atoms with Gasteiger partial charge in [-0.05, 0) is 0 Å². The van der Waals surface area contributed by atoms with Crippen LogP contribution in [-0.4, -0.2) is 40.2 Å². The first-order valence-electron chi connectivity index (χ1n) is 4.74. The number of nitrogens with one attached hydrogen (secondary N) is 2. The summed E-state index contributed by atoms with van der Waals surface area (Å²) in [7, 11) is -2.02. The Labute approximate surface area is 102 Å². The quantitative estimate of drug-likeness (QED) is 0.403. The first-order valence-corrected chi connectivity index (χ1v) is 6.63. The Morgan fingerprint density at radius 1 is 1.44 bits per heavy atom. The Kier molecular flexibility index (Phi) is 6.34. The molecule has 96 valence electrons. The molecule has 0 heterocycles. The third-order valence-corrected chi connectivity index (χ3v) is 3.63. The maximum atomic E-state index is 11.4. The highest BCUT2D eigenvalue weighted by atomic mass is 32.2. The van der Waals surface area contributed by atoms with E-state index in [1.807, 2.05) is 0 Å². The molecule has 0 aromatic carbocycles. The zero-order valence-electron chi connectivity index (χ0n) is 9.74. The van der Waals surface area contributed by atoms with E-state index in [2.05, 4.69) is 9.44 Å². The molecule has 0 saturated heterocycles. The highest BCUT2D eigenvalue weighted by Crippen LogP contribution is 2.13. The van der Waals surface area contributed by atoms with Crippen LogP contribution in [0.4, 0.5) is 0 Å². The van der Waals surface area contributed by atoms with Crippen molar-refractivity contribution >= 4 is 27.4 Å². The van der Waals surface area contributed by atoms with E-state index in [0.717, 1.165) is 0 Å². The summed E-state index contributed by atoms with van der Waals surface area (Å²) in [5.74, 6) is 0. The molecule has 0 bridgehead atoms. The van der Waals surface area contributed by atoms with Crippen molar-refractivity contribution < 1.29 is 13.2 Å². The molecule has 0 aliphatic heterocycles. The van der Waals surface area contributed by atoms with E-state index in [9.17, 15) is 8.42 Å². The van der Waals surface area contributed by atoms with Crippen molar-refractivity contribution in [1.82, 2.24) is 9.44 Å². The summed E-state index contributed by atoms with van der Waals surface area (Å²) >= 11 is 4.83. The van der Waals surface area contributed by atoms with Crippen LogP contribution < -0.4 is 15.2 Å². The monoisotopic (exact) mass is 269 g/mol. The number of hydrogen-bond acceptors (Lipinski definition) is 4. The molecule has 0 unspecified atom stereocenters. The lowest BCUT2D eigenvalue weighted by atomic mass is 9.94. The van der Waals surface area contributed by atoms with Crippen LogP contribution in [0.1, 0.15) is 13.8 Å². The Morgan fingerprint density at radius 3 is 2.44 bits per heavy atom. The van der Waals surface area contributed by atoms with E-state index in [1.54, 1.807) is 13.8 Å². The molecule has 0 aliphatic rings. The summed E-state index contributed by atoms with van der Waals surface area (Å²) in [5, 5.41) is 0. The molecule has 0 aliphatic carbocycles. The van der Waals surface area contributed by atoms with Crippen LogP contribution in [0.3, 0.4) is 0 Å². The molecule has 16 heavy (non-hydrogen) atoms. The van der Waals surface area contributed by atoms with Gasteiger partial charge in [-0.3, -0.25) is 0 Å². The molecule has 0 fully saturated rings. The molecule has 0 aromatic rings. The summed E-state index contributed by atoms with van der Waals surface area (Å²) in [4.78, 5) is 0.270. The number of ether oxygens (including phenoxy) is 1. The number of methoxy groups -OCH3 is 1. The van der Waals surface area contributed by atoms with E-state index in [0.29, 0.717) is 6.61 Å². The molecule has 0 radical (unpaired) electrons. The van der Waals surface area contributed by atoms with Gasteiger partial charge in [0, 0.05) is 25.6 Å². The first kappa shape index (κ1) is 15.7. The third-order valence-electron chi connectivity index (χ3n) is 1.97. The van der Waals surface area contributed by atoms with Gasteiger partial charge < -0.3 is 10.5 Å². The molecule has 0 spiro atoms. The summed E-state index contributed by atoms with van der Waals surface area (Å²) in [6.45, 7) is 4.24. The molecular formula is C8H19N3O3S2. The highest BCUT2D eigenvalue weighted by molar-refractivity contribution is 7.87. The maximum absolute atomic E-state index is 11.4. The normalized spacial score (nSPS) is 12.7. The highest BCUT2D eigenvalue weighted by Gasteiger charge is 2.23. The van der Waals surface area contributed by atoms with Crippen LogP contribution in [0, 0.1) is 5.41 Å². The summed E-state index contributed by atoms with van der Waals surface area (Å²) in [6, 6.07) is 0. The molecule has 4 N–H and O–H groups in total. The van der Waals surface area contributed by atoms with Crippen LogP contribution in [0.5, 0.6) is 0 Å². The lowest BCUT2D eigenvalue weighted by Gasteiger charge is -2.23. The lowest BCUT2D eigenvalue weighted by molar-refractivity contribution is 0.204. The van der Waals surface area contributed by atoms with Gasteiger partial charge in [-0.15, -0.1) is 0 Å². The Balaban J connectivity index is 4.14. The van der Waals surface area contributed by atoms with Gasteiger partial charge in [0.15, 0.2) is 0 Å². The van der Waals surface area contributed by atoms with Crippen molar-refractivity contribution in [2.24, 2.45) is 11.1 Å². The van der Waals surface area contributed by atoms with Crippen LogP contribution in [-0.2, 0) is 14.9 Å². The zero-order valence-corrected chi connectivity index (χ0v) is 11.4. The number of hydrogen-bond donors (Lipinski definition) is 3. The smallest absolute Gasteiger partial charge is 0.277 e. The first-order chi connectivity index (χ1) is 7.21. The summed E-state index contributed by atoms with van der Waals surface area (Å²) < 4.78 is 32.3. The van der Waals surface area contributed by atoms with Crippen molar-refractivity contribution in [3.05, 3.63) is 0 Å².